The second-order valence-electron chi connectivity index (χ2n) is 4.37. The summed E-state index contributed by atoms with van der Waals surface area (Å²) in [6.45, 7) is 6.59. The average molecular weight is 206 g/mol. The third-order valence-corrected chi connectivity index (χ3v) is 2.40. The average Bonchev–Trinajstić information content (AvgIpc) is 2.17. The van der Waals surface area contributed by atoms with E-state index >= 15 is 0 Å². The quantitative estimate of drug-likeness (QED) is 0.774. The Labute approximate surface area is 93.1 Å². The van der Waals surface area contributed by atoms with Gasteiger partial charge in [-0.25, -0.2) is 0 Å². The maximum atomic E-state index is 3.50. The predicted octanol–water partition coefficient (Wildman–Crippen LogP) is 2.66. The minimum Gasteiger partial charge on any atom is -0.388 e. The van der Waals surface area contributed by atoms with Gasteiger partial charge in [0.1, 0.15) is 0 Å². The third-order valence-electron chi connectivity index (χ3n) is 2.40. The number of rotatable bonds is 5. The van der Waals surface area contributed by atoms with E-state index in [0.29, 0.717) is 12.1 Å². The first-order chi connectivity index (χ1) is 7.11. The molecule has 0 bridgehead atoms. The molecule has 2 N–H and O–H groups in total. The van der Waals surface area contributed by atoms with Gasteiger partial charge in [-0.3, -0.25) is 0 Å². The van der Waals surface area contributed by atoms with Crippen LogP contribution in [-0.2, 0) is 6.42 Å². The van der Waals surface area contributed by atoms with Crippen LogP contribution < -0.4 is 10.6 Å². The van der Waals surface area contributed by atoms with Crippen molar-refractivity contribution in [2.75, 3.05) is 12.4 Å². The van der Waals surface area contributed by atoms with Gasteiger partial charge in [0.05, 0.1) is 0 Å². The fraction of sp³-hybridized carbons (Fsp3) is 0.538. The molecule has 0 aliphatic rings. The highest BCUT2D eigenvalue weighted by Crippen LogP contribution is 2.10. The first kappa shape index (κ1) is 12.1. The maximum absolute atomic E-state index is 3.50. The first-order valence-corrected chi connectivity index (χ1v) is 5.64. The van der Waals surface area contributed by atoms with Gasteiger partial charge in [0, 0.05) is 24.8 Å². The number of anilines is 1. The van der Waals surface area contributed by atoms with E-state index in [-0.39, 0.29) is 0 Å². The van der Waals surface area contributed by atoms with Gasteiger partial charge in [-0.1, -0.05) is 26.0 Å². The molecule has 0 heterocycles. The molecule has 1 aromatic carbocycles. The van der Waals surface area contributed by atoms with Crippen LogP contribution >= 0.6 is 0 Å². The van der Waals surface area contributed by atoms with Crippen LogP contribution in [0, 0.1) is 0 Å². The van der Waals surface area contributed by atoms with Crippen molar-refractivity contribution in [1.29, 1.82) is 0 Å². The van der Waals surface area contributed by atoms with Crippen LogP contribution in [0.5, 0.6) is 0 Å². The van der Waals surface area contributed by atoms with E-state index in [1.54, 1.807) is 0 Å². The summed E-state index contributed by atoms with van der Waals surface area (Å²) in [5, 5.41) is 6.63. The summed E-state index contributed by atoms with van der Waals surface area (Å²) in [4.78, 5) is 0. The zero-order valence-corrected chi connectivity index (χ0v) is 10.2. The number of hydrogen-bond acceptors (Lipinski definition) is 2. The third kappa shape index (κ3) is 4.34. The summed E-state index contributed by atoms with van der Waals surface area (Å²) in [6.07, 6.45) is 1.09. The van der Waals surface area contributed by atoms with Crippen molar-refractivity contribution >= 4 is 5.69 Å². The minimum absolute atomic E-state index is 0.533. The minimum atomic E-state index is 0.533. The molecule has 0 saturated heterocycles. The molecule has 2 heteroatoms. The Morgan fingerprint density at radius 1 is 1.07 bits per heavy atom. The highest BCUT2D eigenvalue weighted by Gasteiger charge is 2.04. The van der Waals surface area contributed by atoms with Crippen molar-refractivity contribution in [3.8, 4) is 0 Å². The molecule has 15 heavy (non-hydrogen) atoms. The Balaban J connectivity index is 2.49. The second kappa shape index (κ2) is 5.76. The molecular formula is C13H22N2. The fourth-order valence-corrected chi connectivity index (χ4v) is 1.79. The molecule has 0 aliphatic carbocycles. The molecular weight excluding hydrogens is 184 g/mol. The first-order valence-electron chi connectivity index (χ1n) is 5.64. The summed E-state index contributed by atoms with van der Waals surface area (Å²) < 4.78 is 0. The molecule has 0 amide bonds. The van der Waals surface area contributed by atoms with Crippen LogP contribution in [0.4, 0.5) is 5.69 Å². The number of hydrogen-bond donors (Lipinski definition) is 2. The monoisotopic (exact) mass is 206 g/mol. The van der Waals surface area contributed by atoms with E-state index in [4.69, 9.17) is 0 Å². The lowest BCUT2D eigenvalue weighted by Gasteiger charge is -2.16. The zero-order valence-electron chi connectivity index (χ0n) is 10.2. The van der Waals surface area contributed by atoms with E-state index in [1.165, 1.54) is 11.3 Å². The van der Waals surface area contributed by atoms with Crippen molar-refractivity contribution in [2.45, 2.75) is 39.3 Å². The molecule has 0 saturated carbocycles. The van der Waals surface area contributed by atoms with Gasteiger partial charge in [-0.05, 0) is 31.0 Å². The summed E-state index contributed by atoms with van der Waals surface area (Å²) >= 11 is 0. The lowest BCUT2D eigenvalue weighted by atomic mass is 10.1. The number of benzene rings is 1. The van der Waals surface area contributed by atoms with E-state index in [9.17, 15) is 0 Å². The molecule has 1 rings (SSSR count). The van der Waals surface area contributed by atoms with Gasteiger partial charge in [0.2, 0.25) is 0 Å². The van der Waals surface area contributed by atoms with E-state index in [0.717, 1.165) is 6.42 Å². The summed E-state index contributed by atoms with van der Waals surface area (Å²) in [7, 11) is 1.94. The Hall–Kier alpha value is -1.02. The van der Waals surface area contributed by atoms with E-state index in [2.05, 4.69) is 55.7 Å². The predicted molar refractivity (Wildman–Crippen MR) is 67.4 cm³/mol. The molecule has 0 aromatic heterocycles. The Morgan fingerprint density at radius 2 is 1.67 bits per heavy atom. The molecule has 1 unspecified atom stereocenters. The van der Waals surface area contributed by atoms with Gasteiger partial charge in [0.15, 0.2) is 0 Å². The smallest absolute Gasteiger partial charge is 0.0337 e. The van der Waals surface area contributed by atoms with Crippen molar-refractivity contribution in [3.05, 3.63) is 29.8 Å². The summed E-state index contributed by atoms with van der Waals surface area (Å²) in [5.41, 5.74) is 2.55. The molecule has 1 aromatic rings. The normalized spacial score (nSPS) is 12.9. The van der Waals surface area contributed by atoms with Crippen LogP contribution in [0.1, 0.15) is 26.3 Å². The van der Waals surface area contributed by atoms with Crippen molar-refractivity contribution in [1.82, 2.24) is 5.32 Å². The van der Waals surface area contributed by atoms with Gasteiger partial charge in [-0.15, -0.1) is 0 Å². The van der Waals surface area contributed by atoms with Crippen LogP contribution in [0.3, 0.4) is 0 Å². The molecule has 0 aliphatic heterocycles. The van der Waals surface area contributed by atoms with Crippen LogP contribution in [0.25, 0.3) is 0 Å². The largest absolute Gasteiger partial charge is 0.388 e. The molecule has 0 spiro atoms. The van der Waals surface area contributed by atoms with Crippen molar-refractivity contribution in [3.63, 3.8) is 0 Å². The molecule has 1 atom stereocenters. The summed E-state index contributed by atoms with van der Waals surface area (Å²) in [5.74, 6) is 0. The van der Waals surface area contributed by atoms with E-state index in [1.807, 2.05) is 7.05 Å². The maximum Gasteiger partial charge on any atom is 0.0337 e. The van der Waals surface area contributed by atoms with Gasteiger partial charge < -0.3 is 10.6 Å². The topological polar surface area (TPSA) is 24.1 Å². The Bertz CT molecular complexity index is 277. The van der Waals surface area contributed by atoms with Gasteiger partial charge in [0.25, 0.3) is 0 Å². The Morgan fingerprint density at radius 3 is 2.13 bits per heavy atom. The second-order valence-corrected chi connectivity index (χ2v) is 4.37. The number of nitrogens with one attached hydrogen (secondary N) is 2. The fourth-order valence-electron chi connectivity index (χ4n) is 1.79. The highest BCUT2D eigenvalue weighted by atomic mass is 14.9. The van der Waals surface area contributed by atoms with Crippen LogP contribution in [0.2, 0.25) is 0 Å². The lowest BCUT2D eigenvalue weighted by Crippen LogP contribution is -2.33. The SMILES string of the molecule is CNc1ccc(CC(C)NC(C)C)cc1. The van der Waals surface area contributed by atoms with Crippen molar-refractivity contribution in [2.24, 2.45) is 0 Å². The van der Waals surface area contributed by atoms with E-state index < -0.39 is 0 Å². The molecule has 84 valence electrons. The Kier molecular flexibility index (Phi) is 4.63. The highest BCUT2D eigenvalue weighted by molar-refractivity contribution is 5.43. The van der Waals surface area contributed by atoms with Crippen molar-refractivity contribution < 1.29 is 0 Å². The van der Waals surface area contributed by atoms with Crippen LogP contribution in [0.15, 0.2) is 24.3 Å². The molecule has 2 nitrogen and oxygen atoms in total. The van der Waals surface area contributed by atoms with Gasteiger partial charge in [-0.2, -0.15) is 0 Å². The molecule has 0 fully saturated rings. The zero-order chi connectivity index (χ0) is 11.3. The van der Waals surface area contributed by atoms with Gasteiger partial charge >= 0.3 is 0 Å². The molecule has 0 radical (unpaired) electrons. The standard InChI is InChI=1S/C13H22N2/c1-10(2)15-11(3)9-12-5-7-13(14-4)8-6-12/h5-8,10-11,14-15H,9H2,1-4H3. The lowest BCUT2D eigenvalue weighted by molar-refractivity contribution is 0.488. The summed E-state index contributed by atoms with van der Waals surface area (Å²) in [6, 6.07) is 9.70. The van der Waals surface area contributed by atoms with Crippen LogP contribution in [-0.4, -0.2) is 19.1 Å².